The monoisotopic (exact) mass is 422 g/mol. The molecule has 0 unspecified atom stereocenters. The molecule has 3 heterocycles. The van der Waals surface area contributed by atoms with Crippen LogP contribution < -0.4 is 10.2 Å². The van der Waals surface area contributed by atoms with Crippen LogP contribution in [0.25, 0.3) is 22.0 Å². The van der Waals surface area contributed by atoms with Gasteiger partial charge in [-0.2, -0.15) is 10.2 Å². The minimum absolute atomic E-state index is 0.571. The Morgan fingerprint density at radius 3 is 2.66 bits per heavy atom. The second kappa shape index (κ2) is 9.00. The summed E-state index contributed by atoms with van der Waals surface area (Å²) in [6.45, 7) is 3.42. The standard InChI is InChI=1S/C25H22N6O/c26-16-18-4-3-5-19(14-18)20-7-8-22-23(15-20)29-25(31-10-12-32-13-11-31)30-24(22)28-17-21-6-1-2-9-27-21/h1-9,14-15H,10-13,17H2,(H,28,29,30). The van der Waals surface area contributed by atoms with E-state index in [2.05, 4.69) is 27.3 Å². The van der Waals surface area contributed by atoms with E-state index >= 15 is 0 Å². The van der Waals surface area contributed by atoms with Gasteiger partial charge < -0.3 is 15.0 Å². The van der Waals surface area contributed by atoms with Gasteiger partial charge in [0, 0.05) is 24.7 Å². The van der Waals surface area contributed by atoms with Crippen molar-refractivity contribution in [2.24, 2.45) is 0 Å². The first-order valence-corrected chi connectivity index (χ1v) is 10.6. The molecule has 0 atom stereocenters. The molecule has 1 aliphatic rings. The van der Waals surface area contributed by atoms with Gasteiger partial charge in [-0.3, -0.25) is 4.98 Å². The molecule has 1 saturated heterocycles. The molecule has 158 valence electrons. The number of anilines is 2. The Kier molecular flexibility index (Phi) is 5.60. The molecule has 2 aromatic heterocycles. The molecule has 5 rings (SSSR count). The first-order valence-electron chi connectivity index (χ1n) is 10.6. The normalized spacial score (nSPS) is 13.7. The minimum atomic E-state index is 0.571. The third-order valence-electron chi connectivity index (χ3n) is 5.47. The molecule has 2 aromatic carbocycles. The van der Waals surface area contributed by atoms with E-state index in [0.29, 0.717) is 31.3 Å². The number of nitrogens with one attached hydrogen (secondary N) is 1. The molecule has 0 spiro atoms. The third kappa shape index (κ3) is 4.22. The maximum absolute atomic E-state index is 9.25. The molecule has 0 saturated carbocycles. The molecule has 32 heavy (non-hydrogen) atoms. The summed E-state index contributed by atoms with van der Waals surface area (Å²) in [5.41, 5.74) is 4.43. The summed E-state index contributed by atoms with van der Waals surface area (Å²) in [7, 11) is 0. The van der Waals surface area contributed by atoms with Crippen LogP contribution in [-0.2, 0) is 11.3 Å². The summed E-state index contributed by atoms with van der Waals surface area (Å²) in [5, 5.41) is 13.6. The van der Waals surface area contributed by atoms with Crippen molar-refractivity contribution in [2.75, 3.05) is 36.5 Å². The first kappa shape index (κ1) is 19.9. The summed E-state index contributed by atoms with van der Waals surface area (Å²) in [6.07, 6.45) is 1.79. The number of hydrogen-bond acceptors (Lipinski definition) is 7. The lowest BCUT2D eigenvalue weighted by atomic mass is 10.0. The maximum atomic E-state index is 9.25. The van der Waals surface area contributed by atoms with E-state index in [1.54, 1.807) is 6.20 Å². The molecular formula is C25H22N6O. The van der Waals surface area contributed by atoms with Crippen molar-refractivity contribution in [3.8, 4) is 17.2 Å². The van der Waals surface area contributed by atoms with Gasteiger partial charge in [0.1, 0.15) is 5.82 Å². The largest absolute Gasteiger partial charge is 0.378 e. The average molecular weight is 422 g/mol. The van der Waals surface area contributed by atoms with Crippen molar-refractivity contribution in [1.82, 2.24) is 15.0 Å². The fourth-order valence-electron chi connectivity index (χ4n) is 3.78. The van der Waals surface area contributed by atoms with E-state index in [-0.39, 0.29) is 0 Å². The van der Waals surface area contributed by atoms with Crippen molar-refractivity contribution in [3.05, 3.63) is 78.1 Å². The fourth-order valence-corrected chi connectivity index (χ4v) is 3.78. The minimum Gasteiger partial charge on any atom is -0.378 e. The number of pyridine rings is 1. The Morgan fingerprint density at radius 1 is 0.969 bits per heavy atom. The number of hydrogen-bond donors (Lipinski definition) is 1. The highest BCUT2D eigenvalue weighted by atomic mass is 16.5. The van der Waals surface area contributed by atoms with E-state index < -0.39 is 0 Å². The van der Waals surface area contributed by atoms with Crippen LogP contribution >= 0.6 is 0 Å². The summed E-state index contributed by atoms with van der Waals surface area (Å²) in [5.74, 6) is 1.46. The molecule has 7 nitrogen and oxygen atoms in total. The van der Waals surface area contributed by atoms with Gasteiger partial charge in [-0.25, -0.2) is 4.98 Å². The van der Waals surface area contributed by atoms with Crippen LogP contribution in [0.5, 0.6) is 0 Å². The van der Waals surface area contributed by atoms with E-state index in [4.69, 9.17) is 14.7 Å². The molecule has 0 aliphatic carbocycles. The van der Waals surface area contributed by atoms with Gasteiger partial charge in [0.05, 0.1) is 42.6 Å². The number of nitriles is 1. The third-order valence-corrected chi connectivity index (χ3v) is 5.47. The predicted molar refractivity (Wildman–Crippen MR) is 124 cm³/mol. The lowest BCUT2D eigenvalue weighted by molar-refractivity contribution is 0.122. The number of benzene rings is 2. The van der Waals surface area contributed by atoms with E-state index in [0.717, 1.165) is 46.6 Å². The second-order valence-corrected chi connectivity index (χ2v) is 7.57. The van der Waals surface area contributed by atoms with Gasteiger partial charge in [-0.05, 0) is 47.5 Å². The van der Waals surface area contributed by atoms with E-state index in [1.807, 2.05) is 54.6 Å². The van der Waals surface area contributed by atoms with Crippen molar-refractivity contribution in [1.29, 1.82) is 5.26 Å². The zero-order valence-electron chi connectivity index (χ0n) is 17.5. The van der Waals surface area contributed by atoms with Gasteiger partial charge in [0.2, 0.25) is 5.95 Å². The Morgan fingerprint density at radius 2 is 1.84 bits per heavy atom. The number of aromatic nitrogens is 3. The summed E-state index contributed by atoms with van der Waals surface area (Å²) < 4.78 is 5.50. The number of morpholine rings is 1. The van der Waals surface area contributed by atoms with Crippen LogP contribution in [0.1, 0.15) is 11.3 Å². The number of ether oxygens (including phenoxy) is 1. The maximum Gasteiger partial charge on any atom is 0.228 e. The molecule has 1 aliphatic heterocycles. The van der Waals surface area contributed by atoms with Gasteiger partial charge in [0.25, 0.3) is 0 Å². The Labute approximate surface area is 186 Å². The van der Waals surface area contributed by atoms with E-state index in [9.17, 15) is 5.26 Å². The number of nitrogens with zero attached hydrogens (tertiary/aromatic N) is 5. The Hall–Kier alpha value is -4.02. The van der Waals surface area contributed by atoms with Gasteiger partial charge >= 0.3 is 0 Å². The van der Waals surface area contributed by atoms with Crippen molar-refractivity contribution < 1.29 is 4.74 Å². The first-order chi connectivity index (χ1) is 15.8. The molecule has 0 radical (unpaired) electrons. The number of rotatable bonds is 5. The topological polar surface area (TPSA) is 87.0 Å². The van der Waals surface area contributed by atoms with Gasteiger partial charge in [-0.15, -0.1) is 0 Å². The smallest absolute Gasteiger partial charge is 0.228 e. The molecule has 1 fully saturated rings. The Bertz CT molecular complexity index is 1280. The lowest BCUT2D eigenvalue weighted by Crippen LogP contribution is -2.37. The highest BCUT2D eigenvalue weighted by Gasteiger charge is 2.17. The predicted octanol–water partition coefficient (Wildman–Crippen LogP) is 4.01. The van der Waals surface area contributed by atoms with Gasteiger partial charge in [0.15, 0.2) is 0 Å². The van der Waals surface area contributed by atoms with Crippen LogP contribution in [0.15, 0.2) is 66.9 Å². The molecule has 0 amide bonds. The quantitative estimate of drug-likeness (QED) is 0.520. The van der Waals surface area contributed by atoms with Crippen LogP contribution in [-0.4, -0.2) is 41.3 Å². The lowest BCUT2D eigenvalue weighted by Gasteiger charge is -2.27. The Balaban J connectivity index is 1.56. The van der Waals surface area contributed by atoms with Crippen LogP contribution in [0.3, 0.4) is 0 Å². The van der Waals surface area contributed by atoms with Crippen LogP contribution in [0.2, 0.25) is 0 Å². The van der Waals surface area contributed by atoms with Crippen LogP contribution in [0, 0.1) is 11.3 Å². The number of fused-ring (bicyclic) bond motifs is 1. The highest BCUT2D eigenvalue weighted by molar-refractivity contribution is 5.93. The second-order valence-electron chi connectivity index (χ2n) is 7.57. The summed E-state index contributed by atoms with van der Waals surface area (Å²) >= 11 is 0. The zero-order valence-corrected chi connectivity index (χ0v) is 17.5. The van der Waals surface area contributed by atoms with Crippen molar-refractivity contribution >= 4 is 22.7 Å². The summed E-state index contributed by atoms with van der Waals surface area (Å²) in [6, 6.07) is 21.8. The summed E-state index contributed by atoms with van der Waals surface area (Å²) in [4.78, 5) is 16.3. The van der Waals surface area contributed by atoms with Gasteiger partial charge in [-0.1, -0.05) is 24.3 Å². The molecule has 7 heteroatoms. The molecule has 1 N–H and O–H groups in total. The average Bonchev–Trinajstić information content (AvgIpc) is 2.88. The van der Waals surface area contributed by atoms with Crippen molar-refractivity contribution in [2.45, 2.75) is 6.54 Å². The zero-order chi connectivity index (χ0) is 21.8. The van der Waals surface area contributed by atoms with Crippen LogP contribution in [0.4, 0.5) is 11.8 Å². The molecule has 0 bridgehead atoms. The van der Waals surface area contributed by atoms with Crippen molar-refractivity contribution in [3.63, 3.8) is 0 Å². The highest BCUT2D eigenvalue weighted by Crippen LogP contribution is 2.29. The fraction of sp³-hybridized carbons (Fsp3) is 0.200. The molecular weight excluding hydrogens is 400 g/mol. The van der Waals surface area contributed by atoms with E-state index in [1.165, 1.54) is 0 Å². The molecule has 4 aromatic rings. The SMILES string of the molecule is N#Cc1cccc(-c2ccc3c(NCc4ccccn4)nc(N4CCOCC4)nc3c2)c1.